The first-order chi connectivity index (χ1) is 14.7. The van der Waals surface area contributed by atoms with Gasteiger partial charge in [0.05, 0.1) is 17.1 Å². The van der Waals surface area contributed by atoms with Crippen molar-refractivity contribution >= 4 is 17.5 Å². The number of nitrogens with one attached hydrogen (secondary N) is 1. The number of nitrogens with zero attached hydrogens (tertiary/aromatic N) is 4. The number of hydrogen-bond donors (Lipinski definition) is 1. The molecule has 2 aromatic rings. The zero-order chi connectivity index (χ0) is 23.0. The number of benzene rings is 1. The predicted molar refractivity (Wildman–Crippen MR) is 116 cm³/mol. The fraction of sp³-hybridized carbons (Fsp3) is 0.450. The number of non-ortho nitro benzene ring substituents is 1. The molecule has 0 aliphatic rings. The second-order valence-electron chi connectivity index (χ2n) is 6.92. The van der Waals surface area contributed by atoms with Crippen LogP contribution in [0.15, 0.2) is 39.9 Å². The molecule has 31 heavy (non-hydrogen) atoms. The van der Waals surface area contributed by atoms with E-state index < -0.39 is 16.6 Å². The van der Waals surface area contributed by atoms with Gasteiger partial charge >= 0.3 is 11.7 Å². The van der Waals surface area contributed by atoms with E-state index in [2.05, 4.69) is 10.2 Å². The van der Waals surface area contributed by atoms with Crippen LogP contribution < -0.4 is 16.6 Å². The molecule has 0 spiro atoms. The fourth-order valence-corrected chi connectivity index (χ4v) is 2.93. The van der Waals surface area contributed by atoms with Crippen molar-refractivity contribution in [1.82, 2.24) is 14.0 Å². The average Bonchev–Trinajstić information content (AvgIpc) is 2.77. The lowest BCUT2D eigenvalue weighted by Crippen LogP contribution is -2.38. The van der Waals surface area contributed by atoms with E-state index in [1.165, 1.54) is 41.9 Å². The molecule has 0 saturated heterocycles. The summed E-state index contributed by atoms with van der Waals surface area (Å²) in [4.78, 5) is 48.0. The van der Waals surface area contributed by atoms with Crippen molar-refractivity contribution in [3.05, 3.63) is 66.8 Å². The van der Waals surface area contributed by atoms with Crippen molar-refractivity contribution in [1.29, 1.82) is 0 Å². The SMILES string of the molecule is CCN(CCCOC(=O)c1ccc([N+](=O)[O-])cc1)CCNc1cc(=O)n(C)c(=O)n1C. The normalized spacial score (nSPS) is 10.8. The third-order valence-corrected chi connectivity index (χ3v) is 4.87. The van der Waals surface area contributed by atoms with Crippen LogP contribution in [0.3, 0.4) is 0 Å². The minimum Gasteiger partial charge on any atom is -0.462 e. The van der Waals surface area contributed by atoms with Gasteiger partial charge in [0.2, 0.25) is 0 Å². The fourth-order valence-electron chi connectivity index (χ4n) is 2.93. The highest BCUT2D eigenvalue weighted by Crippen LogP contribution is 2.12. The van der Waals surface area contributed by atoms with Crippen molar-refractivity contribution in [2.75, 3.05) is 38.1 Å². The highest BCUT2D eigenvalue weighted by Gasteiger charge is 2.11. The molecule has 0 saturated carbocycles. The van der Waals surface area contributed by atoms with E-state index in [1.807, 2.05) is 6.92 Å². The number of esters is 1. The Labute approximate surface area is 179 Å². The topological polar surface area (TPSA) is 129 Å². The van der Waals surface area contributed by atoms with Gasteiger partial charge in [-0.15, -0.1) is 0 Å². The number of aromatic nitrogens is 2. The van der Waals surface area contributed by atoms with E-state index >= 15 is 0 Å². The summed E-state index contributed by atoms with van der Waals surface area (Å²) in [5, 5.41) is 13.8. The maximum absolute atomic E-state index is 12.0. The van der Waals surface area contributed by atoms with Gasteiger partial charge in [0.1, 0.15) is 5.82 Å². The standard InChI is InChI=1S/C20H27N5O6/c1-4-24(12-10-21-17-14-18(26)23(3)20(28)22(17)2)11-5-13-31-19(27)15-6-8-16(9-7-15)25(29)30/h6-9,14,21H,4-5,10-13H2,1-3H3. The monoisotopic (exact) mass is 433 g/mol. The summed E-state index contributed by atoms with van der Waals surface area (Å²) >= 11 is 0. The molecular formula is C20H27N5O6. The lowest BCUT2D eigenvalue weighted by Gasteiger charge is -2.21. The Kier molecular flexibility index (Phi) is 8.50. The summed E-state index contributed by atoms with van der Waals surface area (Å²) < 4.78 is 7.65. The molecule has 0 aliphatic heterocycles. The van der Waals surface area contributed by atoms with Crippen molar-refractivity contribution in [2.24, 2.45) is 14.1 Å². The van der Waals surface area contributed by atoms with Gasteiger partial charge < -0.3 is 15.0 Å². The molecule has 0 fully saturated rings. The number of nitro benzene ring substituents is 1. The molecule has 11 nitrogen and oxygen atoms in total. The van der Waals surface area contributed by atoms with Crippen LogP contribution in [0.25, 0.3) is 0 Å². The van der Waals surface area contributed by atoms with Gasteiger partial charge in [0.25, 0.3) is 11.2 Å². The Morgan fingerprint density at radius 2 is 1.84 bits per heavy atom. The third-order valence-electron chi connectivity index (χ3n) is 4.87. The zero-order valence-corrected chi connectivity index (χ0v) is 17.9. The first-order valence-electron chi connectivity index (χ1n) is 9.89. The Morgan fingerprint density at radius 1 is 1.16 bits per heavy atom. The van der Waals surface area contributed by atoms with Crippen LogP contribution in [0.5, 0.6) is 0 Å². The zero-order valence-electron chi connectivity index (χ0n) is 17.9. The van der Waals surface area contributed by atoms with Crippen molar-refractivity contribution in [3.8, 4) is 0 Å². The molecule has 168 valence electrons. The maximum atomic E-state index is 12.0. The van der Waals surface area contributed by atoms with Crippen LogP contribution in [-0.4, -0.2) is 57.7 Å². The second kappa shape index (κ2) is 11.1. The number of hydrogen-bond acceptors (Lipinski definition) is 8. The molecule has 1 N–H and O–H groups in total. The Morgan fingerprint density at radius 3 is 2.45 bits per heavy atom. The molecule has 0 atom stereocenters. The van der Waals surface area contributed by atoms with Gasteiger partial charge in [0, 0.05) is 51.9 Å². The molecule has 0 radical (unpaired) electrons. The number of rotatable bonds is 11. The molecule has 1 aromatic heterocycles. The van der Waals surface area contributed by atoms with Crippen LogP contribution >= 0.6 is 0 Å². The van der Waals surface area contributed by atoms with E-state index in [1.54, 1.807) is 7.05 Å². The largest absolute Gasteiger partial charge is 0.462 e. The highest BCUT2D eigenvalue weighted by molar-refractivity contribution is 5.89. The van der Waals surface area contributed by atoms with Crippen molar-refractivity contribution < 1.29 is 14.5 Å². The van der Waals surface area contributed by atoms with Crippen molar-refractivity contribution in [2.45, 2.75) is 13.3 Å². The highest BCUT2D eigenvalue weighted by atomic mass is 16.6. The van der Waals surface area contributed by atoms with Gasteiger partial charge in [0.15, 0.2) is 0 Å². The summed E-state index contributed by atoms with van der Waals surface area (Å²) in [6.07, 6.45) is 0.622. The van der Waals surface area contributed by atoms with Gasteiger partial charge in [-0.3, -0.25) is 24.0 Å². The molecule has 0 amide bonds. The number of anilines is 1. The van der Waals surface area contributed by atoms with Crippen molar-refractivity contribution in [3.63, 3.8) is 0 Å². The van der Waals surface area contributed by atoms with Crippen LogP contribution in [0.2, 0.25) is 0 Å². The minimum absolute atomic E-state index is 0.0836. The third kappa shape index (κ3) is 6.51. The molecule has 1 heterocycles. The first-order valence-corrected chi connectivity index (χ1v) is 9.89. The Bertz CT molecular complexity index is 1030. The molecule has 2 rings (SSSR count). The molecule has 11 heteroatoms. The lowest BCUT2D eigenvalue weighted by molar-refractivity contribution is -0.384. The first kappa shape index (κ1) is 23.8. The summed E-state index contributed by atoms with van der Waals surface area (Å²) in [6, 6.07) is 6.65. The summed E-state index contributed by atoms with van der Waals surface area (Å²) in [6.45, 7) is 4.93. The second-order valence-corrected chi connectivity index (χ2v) is 6.92. The molecule has 0 bridgehead atoms. The number of carbonyl (C=O) groups is 1. The van der Waals surface area contributed by atoms with Gasteiger partial charge in [-0.1, -0.05) is 6.92 Å². The van der Waals surface area contributed by atoms with Crippen LogP contribution in [0.4, 0.5) is 11.5 Å². The number of carbonyl (C=O) groups excluding carboxylic acids is 1. The number of likely N-dealkylation sites (N-methyl/N-ethyl adjacent to an activating group) is 1. The van der Waals surface area contributed by atoms with Crippen LogP contribution in [0, 0.1) is 10.1 Å². The van der Waals surface area contributed by atoms with E-state index in [4.69, 9.17) is 4.74 Å². The molecular weight excluding hydrogens is 406 g/mol. The Hall–Kier alpha value is -3.47. The van der Waals surface area contributed by atoms with E-state index in [0.29, 0.717) is 31.9 Å². The predicted octanol–water partition coefficient (Wildman–Crippen LogP) is 0.973. The molecule has 0 unspecified atom stereocenters. The molecule has 0 aliphatic carbocycles. The minimum atomic E-state index is -0.527. The van der Waals surface area contributed by atoms with E-state index in [9.17, 15) is 24.5 Å². The van der Waals surface area contributed by atoms with E-state index in [0.717, 1.165) is 11.1 Å². The quantitative estimate of drug-likeness (QED) is 0.240. The van der Waals surface area contributed by atoms with Crippen LogP contribution in [-0.2, 0) is 18.8 Å². The number of ether oxygens (including phenoxy) is 1. The van der Waals surface area contributed by atoms with Crippen LogP contribution in [0.1, 0.15) is 23.7 Å². The summed E-state index contributed by atoms with van der Waals surface area (Å²) in [5.74, 6) is -0.0626. The van der Waals surface area contributed by atoms with Gasteiger partial charge in [-0.2, -0.15) is 0 Å². The Balaban J connectivity index is 1.75. The maximum Gasteiger partial charge on any atom is 0.338 e. The average molecular weight is 433 g/mol. The smallest absolute Gasteiger partial charge is 0.338 e. The van der Waals surface area contributed by atoms with Gasteiger partial charge in [-0.25, -0.2) is 9.59 Å². The lowest BCUT2D eigenvalue weighted by atomic mass is 10.2. The molecule has 1 aromatic carbocycles. The summed E-state index contributed by atoms with van der Waals surface area (Å²) in [7, 11) is 3.03. The van der Waals surface area contributed by atoms with E-state index in [-0.39, 0.29) is 23.4 Å². The summed E-state index contributed by atoms with van der Waals surface area (Å²) in [5.41, 5.74) is -0.577. The van der Waals surface area contributed by atoms with Gasteiger partial charge in [-0.05, 0) is 25.1 Å². The number of nitro groups is 1.